The highest BCUT2D eigenvalue weighted by Gasteiger charge is 2.07. The Bertz CT molecular complexity index is 548. The highest BCUT2D eigenvalue weighted by Crippen LogP contribution is 1.97. The molecule has 68 valence electrons. The molecular formula is C6H7N5O2. The first-order chi connectivity index (χ1) is 6.22. The maximum Gasteiger partial charge on any atom is 0.327 e. The van der Waals surface area contributed by atoms with Crippen molar-refractivity contribution in [3.8, 4) is 0 Å². The van der Waals surface area contributed by atoms with Gasteiger partial charge in [-0.05, 0) is 6.92 Å². The molecule has 0 radical (unpaired) electrons. The van der Waals surface area contributed by atoms with Gasteiger partial charge in [0, 0.05) is 6.54 Å². The van der Waals surface area contributed by atoms with Gasteiger partial charge in [0.25, 0.3) is 5.56 Å². The van der Waals surface area contributed by atoms with Crippen molar-refractivity contribution in [2.75, 3.05) is 0 Å². The van der Waals surface area contributed by atoms with Crippen molar-refractivity contribution < 1.29 is 0 Å². The number of aryl methyl sites for hydroxylation is 1. The van der Waals surface area contributed by atoms with Crippen molar-refractivity contribution >= 4 is 11.2 Å². The average Bonchev–Trinajstić information content (AvgIpc) is 2.47. The molecule has 2 aromatic heterocycles. The monoisotopic (exact) mass is 181 g/mol. The van der Waals surface area contributed by atoms with Crippen molar-refractivity contribution in [3.05, 3.63) is 20.8 Å². The van der Waals surface area contributed by atoms with Crippen LogP contribution in [0.15, 0.2) is 9.59 Å². The molecule has 0 spiro atoms. The zero-order chi connectivity index (χ0) is 9.42. The summed E-state index contributed by atoms with van der Waals surface area (Å²) in [6.45, 7) is 2.39. The van der Waals surface area contributed by atoms with E-state index in [0.29, 0.717) is 12.2 Å². The van der Waals surface area contributed by atoms with Gasteiger partial charge in [-0.1, -0.05) is 5.21 Å². The number of nitrogens with one attached hydrogen (secondary N) is 2. The summed E-state index contributed by atoms with van der Waals surface area (Å²) in [5.41, 5.74) is -0.550. The van der Waals surface area contributed by atoms with Crippen LogP contribution in [-0.4, -0.2) is 25.0 Å². The van der Waals surface area contributed by atoms with E-state index in [1.807, 2.05) is 6.92 Å². The molecule has 0 unspecified atom stereocenters. The van der Waals surface area contributed by atoms with E-state index >= 15 is 0 Å². The minimum Gasteiger partial charge on any atom is -0.290 e. The van der Waals surface area contributed by atoms with E-state index in [-0.39, 0.29) is 5.52 Å². The van der Waals surface area contributed by atoms with E-state index in [1.54, 1.807) is 0 Å². The third-order valence-electron chi connectivity index (χ3n) is 1.71. The third-order valence-corrected chi connectivity index (χ3v) is 1.71. The number of fused-ring (bicyclic) bond motifs is 1. The van der Waals surface area contributed by atoms with Crippen LogP contribution < -0.4 is 11.2 Å². The molecule has 2 aromatic rings. The van der Waals surface area contributed by atoms with E-state index in [2.05, 4.69) is 20.3 Å². The maximum atomic E-state index is 11.1. The first kappa shape index (κ1) is 7.71. The molecule has 2 rings (SSSR count). The zero-order valence-electron chi connectivity index (χ0n) is 6.87. The first-order valence-corrected chi connectivity index (χ1v) is 3.78. The Balaban J connectivity index is 2.98. The van der Waals surface area contributed by atoms with Crippen LogP contribution in [0.25, 0.3) is 11.2 Å². The van der Waals surface area contributed by atoms with Crippen LogP contribution in [-0.2, 0) is 6.54 Å². The van der Waals surface area contributed by atoms with Crippen molar-refractivity contribution in [1.82, 2.24) is 25.0 Å². The van der Waals surface area contributed by atoms with E-state index in [1.165, 1.54) is 4.68 Å². The lowest BCUT2D eigenvalue weighted by Crippen LogP contribution is -2.22. The fourth-order valence-electron chi connectivity index (χ4n) is 1.11. The minimum absolute atomic E-state index is 0.154. The van der Waals surface area contributed by atoms with Gasteiger partial charge in [-0.25, -0.2) is 9.48 Å². The van der Waals surface area contributed by atoms with Crippen LogP contribution in [0.3, 0.4) is 0 Å². The fourth-order valence-corrected chi connectivity index (χ4v) is 1.11. The highest BCUT2D eigenvalue weighted by atomic mass is 16.2. The topological polar surface area (TPSA) is 96.4 Å². The van der Waals surface area contributed by atoms with Gasteiger partial charge >= 0.3 is 5.69 Å². The molecule has 0 saturated heterocycles. The van der Waals surface area contributed by atoms with E-state index in [4.69, 9.17) is 0 Å². The van der Waals surface area contributed by atoms with Gasteiger partial charge in [-0.3, -0.25) is 14.8 Å². The molecule has 0 aromatic carbocycles. The first-order valence-electron chi connectivity index (χ1n) is 3.78. The number of nitrogens with zero attached hydrogens (tertiary/aromatic N) is 3. The molecule has 13 heavy (non-hydrogen) atoms. The average molecular weight is 181 g/mol. The Labute approximate surface area is 71.4 Å². The summed E-state index contributed by atoms with van der Waals surface area (Å²) < 4.78 is 1.45. The molecule has 0 atom stereocenters. The Morgan fingerprint density at radius 1 is 1.38 bits per heavy atom. The number of H-pyrrole nitrogens is 2. The maximum absolute atomic E-state index is 11.1. The lowest BCUT2D eigenvalue weighted by atomic mass is 10.5. The lowest BCUT2D eigenvalue weighted by Gasteiger charge is -1.93. The molecule has 0 fully saturated rings. The van der Waals surface area contributed by atoms with Crippen molar-refractivity contribution in [2.45, 2.75) is 13.5 Å². The van der Waals surface area contributed by atoms with Gasteiger partial charge in [0.2, 0.25) is 0 Å². The fraction of sp³-hybridized carbons (Fsp3) is 0.333. The summed E-state index contributed by atoms with van der Waals surface area (Å²) in [6, 6.07) is 0. The lowest BCUT2D eigenvalue weighted by molar-refractivity contribution is 0.640. The van der Waals surface area contributed by atoms with E-state index in [0.717, 1.165) is 0 Å². The van der Waals surface area contributed by atoms with Crippen molar-refractivity contribution in [3.63, 3.8) is 0 Å². The largest absolute Gasteiger partial charge is 0.327 e. The molecule has 0 amide bonds. The summed E-state index contributed by atoms with van der Waals surface area (Å²) in [6.07, 6.45) is 0. The molecule has 0 bridgehead atoms. The number of aromatic amines is 2. The van der Waals surface area contributed by atoms with Gasteiger partial charge < -0.3 is 0 Å². The van der Waals surface area contributed by atoms with E-state index in [9.17, 15) is 9.59 Å². The van der Waals surface area contributed by atoms with Crippen LogP contribution in [0.2, 0.25) is 0 Å². The predicted octanol–water partition coefficient (Wildman–Crippen LogP) is -1.17. The van der Waals surface area contributed by atoms with Crippen LogP contribution in [0.1, 0.15) is 6.92 Å². The highest BCUT2D eigenvalue weighted by molar-refractivity contribution is 5.67. The Morgan fingerprint density at radius 3 is 2.85 bits per heavy atom. The SMILES string of the molecule is CCn1nnc2c(=O)[nH]c(=O)[nH]c21. The minimum atomic E-state index is -0.547. The standard InChI is InChI=1S/C6H7N5O2/c1-2-11-4-3(9-10-11)5(12)8-6(13)7-4/h2H2,1H3,(H2,7,8,12,13). The van der Waals surface area contributed by atoms with Gasteiger partial charge in [0.15, 0.2) is 11.2 Å². The second-order valence-electron chi connectivity index (χ2n) is 2.51. The van der Waals surface area contributed by atoms with Crippen LogP contribution in [0.5, 0.6) is 0 Å². The number of hydrogen-bond acceptors (Lipinski definition) is 4. The molecule has 2 N–H and O–H groups in total. The molecule has 0 aliphatic heterocycles. The normalized spacial score (nSPS) is 10.8. The summed E-state index contributed by atoms with van der Waals surface area (Å²) in [7, 11) is 0. The van der Waals surface area contributed by atoms with Gasteiger partial charge in [0.05, 0.1) is 0 Å². The zero-order valence-corrected chi connectivity index (χ0v) is 6.87. The van der Waals surface area contributed by atoms with Crippen molar-refractivity contribution in [2.24, 2.45) is 0 Å². The summed E-state index contributed by atoms with van der Waals surface area (Å²) in [4.78, 5) is 26.6. The third kappa shape index (κ3) is 1.05. The number of rotatable bonds is 1. The summed E-state index contributed by atoms with van der Waals surface area (Å²) in [5.74, 6) is 0. The van der Waals surface area contributed by atoms with Crippen LogP contribution >= 0.6 is 0 Å². The van der Waals surface area contributed by atoms with Crippen LogP contribution in [0.4, 0.5) is 0 Å². The molecule has 0 aliphatic rings. The molecule has 0 aliphatic carbocycles. The molecule has 0 saturated carbocycles. The van der Waals surface area contributed by atoms with Gasteiger partial charge in [0.1, 0.15) is 0 Å². The van der Waals surface area contributed by atoms with Gasteiger partial charge in [-0.2, -0.15) is 0 Å². The summed E-state index contributed by atoms with van der Waals surface area (Å²) in [5, 5.41) is 7.32. The molecule has 7 heteroatoms. The number of aromatic nitrogens is 5. The second-order valence-corrected chi connectivity index (χ2v) is 2.51. The Kier molecular flexibility index (Phi) is 1.51. The molecule has 7 nitrogen and oxygen atoms in total. The smallest absolute Gasteiger partial charge is 0.290 e. The Morgan fingerprint density at radius 2 is 2.15 bits per heavy atom. The molecule has 2 heterocycles. The predicted molar refractivity (Wildman–Crippen MR) is 44.4 cm³/mol. The van der Waals surface area contributed by atoms with E-state index < -0.39 is 11.2 Å². The van der Waals surface area contributed by atoms with Gasteiger partial charge in [-0.15, -0.1) is 5.10 Å². The summed E-state index contributed by atoms with van der Waals surface area (Å²) >= 11 is 0. The second kappa shape index (κ2) is 2.54. The quantitative estimate of drug-likeness (QED) is 0.579. The van der Waals surface area contributed by atoms with Crippen LogP contribution in [0, 0.1) is 0 Å². The Hall–Kier alpha value is -1.92. The van der Waals surface area contributed by atoms with Crippen molar-refractivity contribution in [1.29, 1.82) is 0 Å². The number of hydrogen-bond donors (Lipinski definition) is 2. The molecular weight excluding hydrogens is 174 g/mol.